The summed E-state index contributed by atoms with van der Waals surface area (Å²) in [6, 6.07) is 14.1. The maximum atomic E-state index is 14.8. The van der Waals surface area contributed by atoms with Gasteiger partial charge in [0.05, 0.1) is 50.2 Å². The number of benzene rings is 2. The van der Waals surface area contributed by atoms with Gasteiger partial charge in [0, 0.05) is 5.56 Å². The Bertz CT molecular complexity index is 1180. The van der Waals surface area contributed by atoms with Gasteiger partial charge in [-0.15, -0.1) is 0 Å². The first kappa shape index (κ1) is 22.4. The quantitative estimate of drug-likeness (QED) is 0.710. The third-order valence-corrected chi connectivity index (χ3v) is 5.02. The molecule has 0 saturated carbocycles. The van der Waals surface area contributed by atoms with Crippen LogP contribution in [0.2, 0.25) is 0 Å². The van der Waals surface area contributed by atoms with E-state index in [0.717, 1.165) is 25.2 Å². The number of nitriles is 1. The van der Waals surface area contributed by atoms with E-state index in [1.54, 1.807) is 24.3 Å². The normalized spacial score (nSPS) is 15.8. The maximum absolute atomic E-state index is 14.8. The number of ether oxygens (including phenoxy) is 3. The number of halogens is 1. The number of carbonyl (C=O) groups is 2. The molecule has 1 atom stereocenters. The Morgan fingerprint density at radius 2 is 1.66 bits per heavy atom. The van der Waals surface area contributed by atoms with Gasteiger partial charge in [0.1, 0.15) is 23.1 Å². The fourth-order valence-corrected chi connectivity index (χ4v) is 3.63. The van der Waals surface area contributed by atoms with E-state index in [9.17, 15) is 19.2 Å². The van der Waals surface area contributed by atoms with E-state index in [0.29, 0.717) is 11.3 Å². The third kappa shape index (κ3) is 3.63. The summed E-state index contributed by atoms with van der Waals surface area (Å²) < 4.78 is 30.0. The first-order chi connectivity index (χ1) is 15.4. The van der Waals surface area contributed by atoms with Crippen LogP contribution in [0.4, 0.5) is 10.1 Å². The standard InChI is InChI=1S/C23H20FN3O5/c1-30-17-11-7-4-8-13(17)18-14(12-25)21(26)27(16-10-6-5-9-15(16)24)20(23(29)32-3)19(18)22(28)31-2/h4-11,18H,26H2,1-3H3. The topological polar surface area (TPSA) is 115 Å². The third-order valence-electron chi connectivity index (χ3n) is 5.02. The van der Waals surface area contributed by atoms with E-state index >= 15 is 0 Å². The largest absolute Gasteiger partial charge is 0.496 e. The number of anilines is 1. The molecule has 164 valence electrons. The molecule has 0 saturated heterocycles. The zero-order chi connectivity index (χ0) is 23.4. The molecule has 0 fully saturated rings. The molecule has 0 radical (unpaired) electrons. The Morgan fingerprint density at radius 1 is 1.03 bits per heavy atom. The molecule has 0 spiro atoms. The molecule has 2 aromatic carbocycles. The number of hydrogen-bond acceptors (Lipinski definition) is 8. The summed E-state index contributed by atoms with van der Waals surface area (Å²) in [6.07, 6.45) is 0. The molecule has 0 bridgehead atoms. The zero-order valence-corrected chi connectivity index (χ0v) is 17.6. The van der Waals surface area contributed by atoms with Crippen LogP contribution in [-0.2, 0) is 19.1 Å². The second-order valence-electron chi connectivity index (χ2n) is 6.62. The summed E-state index contributed by atoms with van der Waals surface area (Å²) in [6.45, 7) is 0. The molecule has 1 heterocycles. The zero-order valence-electron chi connectivity index (χ0n) is 17.6. The minimum Gasteiger partial charge on any atom is -0.496 e. The van der Waals surface area contributed by atoms with Crippen LogP contribution in [0.1, 0.15) is 11.5 Å². The predicted molar refractivity (Wildman–Crippen MR) is 112 cm³/mol. The lowest BCUT2D eigenvalue weighted by molar-refractivity contribution is -0.139. The highest BCUT2D eigenvalue weighted by molar-refractivity contribution is 6.06. The molecule has 1 aliphatic rings. The van der Waals surface area contributed by atoms with Gasteiger partial charge < -0.3 is 19.9 Å². The van der Waals surface area contributed by atoms with Crippen LogP contribution >= 0.6 is 0 Å². The molecule has 1 aliphatic heterocycles. The van der Waals surface area contributed by atoms with Crippen molar-refractivity contribution in [2.24, 2.45) is 5.73 Å². The van der Waals surface area contributed by atoms with Crippen molar-refractivity contribution in [3.8, 4) is 11.8 Å². The van der Waals surface area contributed by atoms with Crippen molar-refractivity contribution in [2.75, 3.05) is 26.2 Å². The van der Waals surface area contributed by atoms with Gasteiger partial charge in [-0.05, 0) is 18.2 Å². The van der Waals surface area contributed by atoms with Crippen LogP contribution in [-0.4, -0.2) is 33.3 Å². The van der Waals surface area contributed by atoms with Gasteiger partial charge in [-0.2, -0.15) is 5.26 Å². The van der Waals surface area contributed by atoms with Crippen molar-refractivity contribution in [1.82, 2.24) is 0 Å². The second kappa shape index (κ2) is 9.22. The second-order valence-corrected chi connectivity index (χ2v) is 6.62. The minimum absolute atomic E-state index is 0.0918. The van der Waals surface area contributed by atoms with E-state index in [1.165, 1.54) is 25.3 Å². The molecule has 0 aromatic heterocycles. The Kier molecular flexibility index (Phi) is 6.45. The fourth-order valence-electron chi connectivity index (χ4n) is 3.63. The van der Waals surface area contributed by atoms with Crippen molar-refractivity contribution < 1.29 is 28.2 Å². The average molecular weight is 437 g/mol. The molecule has 2 aromatic rings. The summed E-state index contributed by atoms with van der Waals surface area (Å²) in [5, 5.41) is 10.0. The number of para-hydroxylation sites is 2. The lowest BCUT2D eigenvalue weighted by Crippen LogP contribution is -2.41. The number of rotatable bonds is 5. The fraction of sp³-hybridized carbons (Fsp3) is 0.174. The first-order valence-electron chi connectivity index (χ1n) is 9.39. The molecule has 3 rings (SSSR count). The van der Waals surface area contributed by atoms with E-state index < -0.39 is 23.7 Å². The van der Waals surface area contributed by atoms with Crippen molar-refractivity contribution in [1.29, 1.82) is 5.26 Å². The van der Waals surface area contributed by atoms with Crippen molar-refractivity contribution in [3.63, 3.8) is 0 Å². The highest BCUT2D eigenvalue weighted by Crippen LogP contribution is 2.45. The Morgan fingerprint density at radius 3 is 2.25 bits per heavy atom. The number of methoxy groups -OCH3 is 3. The molecule has 32 heavy (non-hydrogen) atoms. The number of esters is 2. The van der Waals surface area contributed by atoms with Crippen LogP contribution < -0.4 is 15.4 Å². The van der Waals surface area contributed by atoms with Crippen LogP contribution in [0.25, 0.3) is 0 Å². The van der Waals surface area contributed by atoms with Crippen LogP contribution in [0.15, 0.2) is 71.2 Å². The van der Waals surface area contributed by atoms with E-state index in [4.69, 9.17) is 19.9 Å². The summed E-state index contributed by atoms with van der Waals surface area (Å²) in [4.78, 5) is 26.9. The number of allylic oxidation sites excluding steroid dienone is 1. The Balaban J connectivity index is 2.47. The number of hydrogen-bond donors (Lipinski definition) is 1. The highest BCUT2D eigenvalue weighted by Gasteiger charge is 2.44. The van der Waals surface area contributed by atoms with Gasteiger partial charge in [0.15, 0.2) is 0 Å². The van der Waals surface area contributed by atoms with E-state index in [2.05, 4.69) is 0 Å². The number of carbonyl (C=O) groups excluding carboxylic acids is 2. The van der Waals surface area contributed by atoms with Gasteiger partial charge in [0.25, 0.3) is 0 Å². The molecular weight excluding hydrogens is 417 g/mol. The summed E-state index contributed by atoms with van der Waals surface area (Å²) in [7, 11) is 3.67. The predicted octanol–water partition coefficient (Wildman–Crippen LogP) is 2.73. The van der Waals surface area contributed by atoms with Crippen molar-refractivity contribution in [3.05, 3.63) is 82.6 Å². The number of nitrogens with two attached hydrogens (primary N) is 1. The molecule has 8 nitrogen and oxygen atoms in total. The van der Waals surface area contributed by atoms with Crippen LogP contribution in [0.3, 0.4) is 0 Å². The SMILES string of the molecule is COC(=O)C1=C(C(=O)OC)N(c2ccccc2F)C(N)=C(C#N)C1c1ccccc1OC. The maximum Gasteiger partial charge on any atom is 0.355 e. The molecule has 0 aliphatic carbocycles. The minimum atomic E-state index is -1.12. The monoisotopic (exact) mass is 437 g/mol. The van der Waals surface area contributed by atoms with Gasteiger partial charge in [-0.3, -0.25) is 4.90 Å². The number of nitrogens with zero attached hydrogens (tertiary/aromatic N) is 2. The lowest BCUT2D eigenvalue weighted by Gasteiger charge is -2.36. The van der Waals surface area contributed by atoms with Crippen LogP contribution in [0.5, 0.6) is 5.75 Å². The molecular formula is C23H20FN3O5. The van der Waals surface area contributed by atoms with Crippen molar-refractivity contribution in [2.45, 2.75) is 5.92 Å². The average Bonchev–Trinajstić information content (AvgIpc) is 2.82. The van der Waals surface area contributed by atoms with Crippen molar-refractivity contribution >= 4 is 17.6 Å². The summed E-state index contributed by atoms with van der Waals surface area (Å²) in [5.74, 6) is -3.62. The molecule has 1 unspecified atom stereocenters. The summed E-state index contributed by atoms with van der Waals surface area (Å²) in [5.41, 5.74) is 5.88. The Labute approximate surface area is 183 Å². The van der Waals surface area contributed by atoms with Crippen LogP contribution in [0, 0.1) is 17.1 Å². The Hall–Kier alpha value is -4.32. The van der Waals surface area contributed by atoms with Gasteiger partial charge in [0.2, 0.25) is 0 Å². The van der Waals surface area contributed by atoms with E-state index in [-0.39, 0.29) is 28.4 Å². The highest BCUT2D eigenvalue weighted by atomic mass is 19.1. The van der Waals surface area contributed by atoms with Gasteiger partial charge in [-0.1, -0.05) is 30.3 Å². The lowest BCUT2D eigenvalue weighted by atomic mass is 9.80. The van der Waals surface area contributed by atoms with E-state index in [1.807, 2.05) is 6.07 Å². The molecule has 2 N–H and O–H groups in total. The molecule has 0 amide bonds. The first-order valence-corrected chi connectivity index (χ1v) is 9.39. The summed E-state index contributed by atoms with van der Waals surface area (Å²) >= 11 is 0. The van der Waals surface area contributed by atoms with Gasteiger partial charge >= 0.3 is 11.9 Å². The molecule has 9 heteroatoms. The van der Waals surface area contributed by atoms with Gasteiger partial charge in [-0.25, -0.2) is 14.0 Å². The smallest absolute Gasteiger partial charge is 0.355 e.